The van der Waals surface area contributed by atoms with Crippen molar-refractivity contribution in [3.63, 3.8) is 0 Å². The number of carbonyl (C=O) groups is 1. The summed E-state index contributed by atoms with van der Waals surface area (Å²) in [6, 6.07) is 6.95. The van der Waals surface area contributed by atoms with E-state index in [2.05, 4.69) is 25.6 Å². The number of ether oxygens (including phenoxy) is 2. The Bertz CT molecular complexity index is 884. The van der Waals surface area contributed by atoms with Crippen LogP contribution < -0.4 is 20.1 Å². The Morgan fingerprint density at radius 1 is 1.17 bits per heavy atom. The molecule has 1 aliphatic heterocycles. The minimum Gasteiger partial charge on any atom is -0.454 e. The monoisotopic (exact) mass is 341 g/mol. The van der Waals surface area contributed by atoms with Gasteiger partial charge in [-0.1, -0.05) is 11.3 Å². The predicted molar refractivity (Wildman–Crippen MR) is 87.9 cm³/mol. The number of hydrogen-bond donors (Lipinski definition) is 2. The van der Waals surface area contributed by atoms with Crippen molar-refractivity contribution >= 4 is 33.9 Å². The van der Waals surface area contributed by atoms with Gasteiger partial charge in [-0.05, 0) is 18.2 Å². The van der Waals surface area contributed by atoms with Crippen LogP contribution in [0, 0.1) is 0 Å². The molecule has 0 atom stereocenters. The number of benzene rings is 1. The van der Waals surface area contributed by atoms with Crippen molar-refractivity contribution < 1.29 is 14.3 Å². The van der Waals surface area contributed by atoms with Crippen LogP contribution in [0.4, 0.5) is 16.6 Å². The van der Waals surface area contributed by atoms with Crippen LogP contribution in [0.15, 0.2) is 43.0 Å². The van der Waals surface area contributed by atoms with Gasteiger partial charge in [0.25, 0.3) is 5.91 Å². The fourth-order valence-corrected chi connectivity index (χ4v) is 2.80. The fourth-order valence-electron chi connectivity index (χ4n) is 2.08. The maximum Gasteiger partial charge on any atom is 0.267 e. The maximum atomic E-state index is 12.3. The first kappa shape index (κ1) is 14.4. The molecular formula is C15H11N5O3S. The van der Waals surface area contributed by atoms with Crippen LogP contribution in [0.25, 0.3) is 0 Å². The molecule has 24 heavy (non-hydrogen) atoms. The zero-order valence-corrected chi connectivity index (χ0v) is 13.0. The Morgan fingerprint density at radius 3 is 2.96 bits per heavy atom. The maximum absolute atomic E-state index is 12.3. The Kier molecular flexibility index (Phi) is 3.67. The Balaban J connectivity index is 1.45. The van der Waals surface area contributed by atoms with Gasteiger partial charge in [-0.25, -0.2) is 15.0 Å². The molecule has 0 fully saturated rings. The average molecular weight is 341 g/mol. The lowest BCUT2D eigenvalue weighted by Crippen LogP contribution is -2.09. The van der Waals surface area contributed by atoms with Gasteiger partial charge in [0.15, 0.2) is 16.6 Å². The van der Waals surface area contributed by atoms with Crippen LogP contribution in [0.1, 0.15) is 9.67 Å². The van der Waals surface area contributed by atoms with E-state index in [-0.39, 0.29) is 12.7 Å². The third-order valence-electron chi connectivity index (χ3n) is 3.18. The molecule has 0 saturated heterocycles. The smallest absolute Gasteiger partial charge is 0.267 e. The number of rotatable bonds is 4. The molecule has 0 aliphatic carbocycles. The van der Waals surface area contributed by atoms with E-state index in [1.807, 2.05) is 0 Å². The highest BCUT2D eigenvalue weighted by molar-refractivity contribution is 7.17. The number of thiazole rings is 1. The van der Waals surface area contributed by atoms with Crippen molar-refractivity contribution in [3.05, 3.63) is 47.9 Å². The van der Waals surface area contributed by atoms with Crippen LogP contribution in [0.5, 0.6) is 11.5 Å². The lowest BCUT2D eigenvalue weighted by atomic mass is 10.2. The van der Waals surface area contributed by atoms with Gasteiger partial charge >= 0.3 is 0 Å². The van der Waals surface area contributed by atoms with Gasteiger partial charge in [0.1, 0.15) is 17.0 Å². The van der Waals surface area contributed by atoms with Crippen molar-refractivity contribution in [1.29, 1.82) is 0 Å². The summed E-state index contributed by atoms with van der Waals surface area (Å²) in [6.07, 6.45) is 4.57. The van der Waals surface area contributed by atoms with Crippen molar-refractivity contribution in [2.45, 2.75) is 0 Å². The van der Waals surface area contributed by atoms with Gasteiger partial charge < -0.3 is 20.1 Å². The molecule has 2 aromatic heterocycles. The molecule has 8 nitrogen and oxygen atoms in total. The number of fused-ring (bicyclic) bond motifs is 1. The quantitative estimate of drug-likeness (QED) is 0.752. The molecule has 0 saturated carbocycles. The zero-order valence-electron chi connectivity index (χ0n) is 12.2. The fraction of sp³-hybridized carbons (Fsp3) is 0.0667. The molecule has 3 aromatic rings. The first-order valence-electron chi connectivity index (χ1n) is 6.98. The number of nitrogens with one attached hydrogen (secondary N) is 2. The summed E-state index contributed by atoms with van der Waals surface area (Å²) in [5.74, 6) is 1.65. The van der Waals surface area contributed by atoms with Gasteiger partial charge in [-0.15, -0.1) is 0 Å². The normalized spacial score (nSPS) is 12.0. The number of hydrogen-bond acceptors (Lipinski definition) is 8. The number of aromatic nitrogens is 3. The minimum atomic E-state index is -0.248. The topological polar surface area (TPSA) is 98.3 Å². The second-order valence-electron chi connectivity index (χ2n) is 4.77. The summed E-state index contributed by atoms with van der Waals surface area (Å²) >= 11 is 1.23. The van der Waals surface area contributed by atoms with E-state index in [0.717, 1.165) is 0 Å². The molecule has 120 valence electrons. The number of anilines is 3. The zero-order chi connectivity index (χ0) is 16.4. The van der Waals surface area contributed by atoms with Crippen LogP contribution in [-0.4, -0.2) is 27.7 Å². The third kappa shape index (κ3) is 2.97. The molecule has 2 N–H and O–H groups in total. The summed E-state index contributed by atoms with van der Waals surface area (Å²) in [6.45, 7) is 0.194. The second-order valence-corrected chi connectivity index (χ2v) is 5.80. The van der Waals surface area contributed by atoms with Crippen molar-refractivity contribution in [2.24, 2.45) is 0 Å². The Morgan fingerprint density at radius 2 is 2.08 bits per heavy atom. The molecule has 0 unspecified atom stereocenters. The highest BCUT2D eigenvalue weighted by Crippen LogP contribution is 2.34. The lowest BCUT2D eigenvalue weighted by molar-refractivity contribution is 0.103. The summed E-state index contributed by atoms with van der Waals surface area (Å²) in [5.41, 5.74) is 0.628. The Hall–Kier alpha value is -3.20. The van der Waals surface area contributed by atoms with Gasteiger partial charge in [-0.3, -0.25) is 4.79 Å². The van der Waals surface area contributed by atoms with E-state index >= 15 is 0 Å². The van der Waals surface area contributed by atoms with E-state index in [9.17, 15) is 4.79 Å². The largest absolute Gasteiger partial charge is 0.454 e. The average Bonchev–Trinajstić information content (AvgIpc) is 3.24. The molecule has 0 radical (unpaired) electrons. The highest BCUT2D eigenvalue weighted by atomic mass is 32.1. The van der Waals surface area contributed by atoms with Gasteiger partial charge in [-0.2, -0.15) is 0 Å². The van der Waals surface area contributed by atoms with Crippen LogP contribution in [0.3, 0.4) is 0 Å². The van der Waals surface area contributed by atoms with E-state index in [0.29, 0.717) is 33.0 Å². The number of nitrogens with zero attached hydrogens (tertiary/aromatic N) is 3. The van der Waals surface area contributed by atoms with E-state index in [1.165, 1.54) is 23.9 Å². The van der Waals surface area contributed by atoms with Crippen LogP contribution >= 0.6 is 11.3 Å². The number of amides is 1. The second kappa shape index (κ2) is 6.13. The van der Waals surface area contributed by atoms with Gasteiger partial charge in [0.05, 0.1) is 6.20 Å². The molecule has 4 rings (SSSR count). The summed E-state index contributed by atoms with van der Waals surface area (Å²) < 4.78 is 10.5. The highest BCUT2D eigenvalue weighted by Gasteiger charge is 2.16. The molecular weight excluding hydrogens is 330 g/mol. The lowest BCUT2D eigenvalue weighted by Gasteiger charge is -2.04. The molecule has 1 amide bonds. The van der Waals surface area contributed by atoms with E-state index in [1.54, 1.807) is 30.5 Å². The number of carbonyl (C=O) groups excluding carboxylic acids is 1. The van der Waals surface area contributed by atoms with Crippen molar-refractivity contribution in [1.82, 2.24) is 15.0 Å². The molecule has 1 aromatic carbocycles. The molecule has 1 aliphatic rings. The first-order chi connectivity index (χ1) is 11.8. The van der Waals surface area contributed by atoms with Gasteiger partial charge in [0, 0.05) is 18.0 Å². The summed E-state index contributed by atoms with van der Waals surface area (Å²) in [4.78, 5) is 24.9. The standard InChI is InChI=1S/C15H11N5O3S/c21-14(19-9-1-2-10-11(5-9)23-8-22-10)12-6-17-15(24-12)20-13-3-4-16-7-18-13/h1-7H,8H2,(H,19,21)(H,16,17,18,20). The third-order valence-corrected chi connectivity index (χ3v) is 4.09. The first-order valence-corrected chi connectivity index (χ1v) is 7.79. The molecule has 9 heteroatoms. The molecule has 3 heterocycles. The van der Waals surface area contributed by atoms with E-state index < -0.39 is 0 Å². The molecule has 0 bridgehead atoms. The summed E-state index contributed by atoms with van der Waals surface area (Å²) in [5, 5.41) is 6.40. The van der Waals surface area contributed by atoms with Crippen molar-refractivity contribution in [3.8, 4) is 11.5 Å². The van der Waals surface area contributed by atoms with Crippen LogP contribution in [-0.2, 0) is 0 Å². The SMILES string of the molecule is O=C(Nc1ccc2c(c1)OCO2)c1cnc(Nc2ccncn2)s1. The Labute approximate surface area is 140 Å². The minimum absolute atomic E-state index is 0.194. The van der Waals surface area contributed by atoms with Gasteiger partial charge in [0.2, 0.25) is 6.79 Å². The molecule has 0 spiro atoms. The van der Waals surface area contributed by atoms with Crippen molar-refractivity contribution in [2.75, 3.05) is 17.4 Å². The van der Waals surface area contributed by atoms with E-state index in [4.69, 9.17) is 9.47 Å². The predicted octanol–water partition coefficient (Wildman–Crippen LogP) is 2.66. The summed E-state index contributed by atoms with van der Waals surface area (Å²) in [7, 11) is 0. The van der Waals surface area contributed by atoms with Crippen LogP contribution in [0.2, 0.25) is 0 Å².